The highest BCUT2D eigenvalue weighted by Gasteiger charge is 2.09. The topological polar surface area (TPSA) is 35.2 Å². The Kier molecular flexibility index (Phi) is 4.93. The number of hydrogen-bond donors (Lipinski definition) is 1. The van der Waals surface area contributed by atoms with Gasteiger partial charge in [-0.25, -0.2) is 0 Å². The molecule has 0 rings (SSSR count). The zero-order valence-corrected chi connectivity index (χ0v) is 7.61. The van der Waals surface area contributed by atoms with Gasteiger partial charge in [0.15, 0.2) is 0 Å². The molecule has 2 N–H and O–H groups in total. The van der Waals surface area contributed by atoms with Crippen molar-refractivity contribution < 1.29 is 4.74 Å². The van der Waals surface area contributed by atoms with Gasteiger partial charge in [-0.15, -0.1) is 11.8 Å². The molecule has 0 heterocycles. The molecule has 0 aliphatic carbocycles. The molecule has 0 aromatic rings. The summed E-state index contributed by atoms with van der Waals surface area (Å²) in [6, 6.07) is 0. The first-order valence-electron chi connectivity index (χ1n) is 3.82. The second-order valence-corrected chi connectivity index (χ2v) is 3.22. The fourth-order valence-corrected chi connectivity index (χ4v) is 0.583. The Bertz CT molecular complexity index is 147. The normalized spacial score (nSPS) is 10.5. The molecule has 0 unspecified atom stereocenters. The van der Waals surface area contributed by atoms with Crippen molar-refractivity contribution in [3.05, 3.63) is 0 Å². The quantitative estimate of drug-likeness (QED) is 0.488. The van der Waals surface area contributed by atoms with Gasteiger partial charge in [-0.3, -0.25) is 0 Å². The minimum absolute atomic E-state index is 0.223. The Balaban J connectivity index is 3.19. The standard InChI is InChI=1S/C9H17NO/c1-4-5-6-7-11-8-9(2,3)10/h6-8,10H2,1-3H3. The average molecular weight is 155 g/mol. The van der Waals surface area contributed by atoms with Gasteiger partial charge >= 0.3 is 0 Å². The van der Waals surface area contributed by atoms with Gasteiger partial charge in [0.1, 0.15) is 0 Å². The molecule has 0 fully saturated rings. The highest BCUT2D eigenvalue weighted by Crippen LogP contribution is 1.96. The summed E-state index contributed by atoms with van der Waals surface area (Å²) >= 11 is 0. The van der Waals surface area contributed by atoms with Crippen molar-refractivity contribution in [2.24, 2.45) is 5.73 Å². The summed E-state index contributed by atoms with van der Waals surface area (Å²) in [5.74, 6) is 5.72. The molecule has 0 aromatic heterocycles. The Hall–Kier alpha value is -0.520. The predicted molar refractivity (Wildman–Crippen MR) is 47.2 cm³/mol. The maximum atomic E-state index is 5.69. The maximum absolute atomic E-state index is 5.69. The molecule has 0 aliphatic rings. The lowest BCUT2D eigenvalue weighted by Crippen LogP contribution is -2.37. The van der Waals surface area contributed by atoms with Gasteiger partial charge in [0.25, 0.3) is 0 Å². The Labute approximate surface area is 69.1 Å². The van der Waals surface area contributed by atoms with E-state index in [1.807, 2.05) is 20.8 Å². The van der Waals surface area contributed by atoms with E-state index in [-0.39, 0.29) is 5.54 Å². The van der Waals surface area contributed by atoms with E-state index in [1.54, 1.807) is 0 Å². The van der Waals surface area contributed by atoms with Crippen LogP contribution in [-0.4, -0.2) is 18.8 Å². The minimum Gasteiger partial charge on any atom is -0.379 e. The fraction of sp³-hybridized carbons (Fsp3) is 0.778. The van der Waals surface area contributed by atoms with Crippen LogP contribution in [-0.2, 0) is 4.74 Å². The molecule has 0 aliphatic heterocycles. The first kappa shape index (κ1) is 10.5. The van der Waals surface area contributed by atoms with Crippen molar-refractivity contribution in [2.75, 3.05) is 13.2 Å². The van der Waals surface area contributed by atoms with E-state index in [0.29, 0.717) is 13.2 Å². The number of hydrogen-bond acceptors (Lipinski definition) is 2. The van der Waals surface area contributed by atoms with Crippen molar-refractivity contribution in [2.45, 2.75) is 32.7 Å². The SMILES string of the molecule is CC#CCCOCC(C)(C)N. The lowest BCUT2D eigenvalue weighted by molar-refractivity contribution is 0.102. The molecule has 2 nitrogen and oxygen atoms in total. The highest BCUT2D eigenvalue weighted by molar-refractivity contribution is 4.94. The monoisotopic (exact) mass is 155 g/mol. The molecule has 0 spiro atoms. The van der Waals surface area contributed by atoms with E-state index in [0.717, 1.165) is 6.42 Å². The molecule has 0 atom stereocenters. The van der Waals surface area contributed by atoms with Crippen LogP contribution in [0.3, 0.4) is 0 Å². The van der Waals surface area contributed by atoms with Gasteiger partial charge in [0.2, 0.25) is 0 Å². The Morgan fingerprint density at radius 2 is 2.09 bits per heavy atom. The van der Waals surface area contributed by atoms with Crippen LogP contribution in [0.2, 0.25) is 0 Å². The molecule has 64 valence electrons. The van der Waals surface area contributed by atoms with Crippen molar-refractivity contribution in [1.82, 2.24) is 0 Å². The van der Waals surface area contributed by atoms with Crippen LogP contribution in [0.15, 0.2) is 0 Å². The summed E-state index contributed by atoms with van der Waals surface area (Å²) in [5, 5.41) is 0. The molecular weight excluding hydrogens is 138 g/mol. The van der Waals surface area contributed by atoms with Crippen LogP contribution in [0.25, 0.3) is 0 Å². The highest BCUT2D eigenvalue weighted by atomic mass is 16.5. The van der Waals surface area contributed by atoms with Crippen LogP contribution in [0.4, 0.5) is 0 Å². The first-order chi connectivity index (χ1) is 5.06. The smallest absolute Gasteiger partial charge is 0.0641 e. The Morgan fingerprint density at radius 1 is 1.45 bits per heavy atom. The largest absolute Gasteiger partial charge is 0.379 e. The van der Waals surface area contributed by atoms with Crippen LogP contribution >= 0.6 is 0 Å². The van der Waals surface area contributed by atoms with Crippen molar-refractivity contribution >= 4 is 0 Å². The first-order valence-corrected chi connectivity index (χ1v) is 3.82. The van der Waals surface area contributed by atoms with Crippen molar-refractivity contribution in [3.8, 4) is 11.8 Å². The fourth-order valence-electron chi connectivity index (χ4n) is 0.583. The third-order valence-electron chi connectivity index (χ3n) is 1.02. The maximum Gasteiger partial charge on any atom is 0.0641 e. The average Bonchev–Trinajstić information content (AvgIpc) is 1.85. The van der Waals surface area contributed by atoms with Gasteiger partial charge in [-0.2, -0.15) is 0 Å². The number of rotatable bonds is 4. The molecule has 0 bridgehead atoms. The van der Waals surface area contributed by atoms with Crippen LogP contribution in [0, 0.1) is 11.8 Å². The van der Waals surface area contributed by atoms with Crippen molar-refractivity contribution in [1.29, 1.82) is 0 Å². The summed E-state index contributed by atoms with van der Waals surface area (Å²) in [7, 11) is 0. The molecule has 0 saturated carbocycles. The number of ether oxygens (including phenoxy) is 1. The molecule has 11 heavy (non-hydrogen) atoms. The van der Waals surface area contributed by atoms with E-state index >= 15 is 0 Å². The molecule has 0 saturated heterocycles. The van der Waals surface area contributed by atoms with Crippen LogP contribution in [0.5, 0.6) is 0 Å². The summed E-state index contributed by atoms with van der Waals surface area (Å²) in [4.78, 5) is 0. The van der Waals surface area contributed by atoms with Gasteiger partial charge in [0.05, 0.1) is 13.2 Å². The summed E-state index contributed by atoms with van der Waals surface area (Å²) in [6.45, 7) is 6.99. The molecule has 0 radical (unpaired) electrons. The lowest BCUT2D eigenvalue weighted by atomic mass is 10.1. The second kappa shape index (κ2) is 5.17. The second-order valence-electron chi connectivity index (χ2n) is 3.22. The summed E-state index contributed by atoms with van der Waals surface area (Å²) in [6.07, 6.45) is 0.798. The minimum atomic E-state index is -0.223. The third kappa shape index (κ3) is 9.48. The molecule has 0 aromatic carbocycles. The molecular formula is C9H17NO. The van der Waals surface area contributed by atoms with Gasteiger partial charge in [0, 0.05) is 12.0 Å². The summed E-state index contributed by atoms with van der Waals surface area (Å²) < 4.78 is 5.27. The zero-order valence-electron chi connectivity index (χ0n) is 7.61. The van der Waals surface area contributed by atoms with Gasteiger partial charge < -0.3 is 10.5 Å². The number of nitrogens with two attached hydrogens (primary N) is 1. The van der Waals surface area contributed by atoms with E-state index in [4.69, 9.17) is 10.5 Å². The van der Waals surface area contributed by atoms with Gasteiger partial charge in [-0.05, 0) is 20.8 Å². The van der Waals surface area contributed by atoms with Crippen molar-refractivity contribution in [3.63, 3.8) is 0 Å². The third-order valence-corrected chi connectivity index (χ3v) is 1.02. The van der Waals surface area contributed by atoms with E-state index < -0.39 is 0 Å². The molecule has 2 heteroatoms. The summed E-state index contributed by atoms with van der Waals surface area (Å²) in [5.41, 5.74) is 5.47. The van der Waals surface area contributed by atoms with Gasteiger partial charge in [-0.1, -0.05) is 0 Å². The van der Waals surface area contributed by atoms with Crippen LogP contribution in [0.1, 0.15) is 27.2 Å². The zero-order chi connectivity index (χ0) is 8.74. The van der Waals surface area contributed by atoms with Crippen LogP contribution < -0.4 is 5.73 Å². The predicted octanol–water partition coefficient (Wildman–Crippen LogP) is 1.15. The van der Waals surface area contributed by atoms with E-state index in [1.165, 1.54) is 0 Å². The molecule has 0 amide bonds. The lowest BCUT2D eigenvalue weighted by Gasteiger charge is -2.17. The van der Waals surface area contributed by atoms with E-state index in [9.17, 15) is 0 Å². The van der Waals surface area contributed by atoms with E-state index in [2.05, 4.69) is 11.8 Å². The Morgan fingerprint density at radius 3 is 2.55 bits per heavy atom.